The maximum absolute atomic E-state index is 12.5. The number of thioether (sulfide) groups is 1. The molecule has 1 aromatic heterocycles. The van der Waals surface area contributed by atoms with E-state index < -0.39 is 0 Å². The Kier molecular flexibility index (Phi) is 5.78. The Morgan fingerprint density at radius 1 is 0.964 bits per heavy atom. The molecule has 0 bridgehead atoms. The van der Waals surface area contributed by atoms with Crippen molar-refractivity contribution in [1.82, 2.24) is 14.8 Å². The van der Waals surface area contributed by atoms with Crippen LogP contribution in [0.3, 0.4) is 0 Å². The molecule has 6 heteroatoms. The minimum absolute atomic E-state index is 0.138. The molecule has 0 saturated carbocycles. The number of likely N-dealkylation sites (N-methyl/N-ethyl adjacent to an activating group) is 1. The number of aromatic nitrogens is 1. The van der Waals surface area contributed by atoms with Crippen molar-refractivity contribution in [3.63, 3.8) is 0 Å². The summed E-state index contributed by atoms with van der Waals surface area (Å²) in [6, 6.07) is 20.0. The fourth-order valence-corrected chi connectivity index (χ4v) is 3.94. The number of carbonyl (C=O) groups is 1. The number of oxazole rings is 1. The number of benzene rings is 2. The van der Waals surface area contributed by atoms with Crippen LogP contribution in [-0.2, 0) is 4.79 Å². The lowest BCUT2D eigenvalue weighted by molar-refractivity contribution is -0.129. The average Bonchev–Trinajstić information content (AvgIpc) is 3.18. The first-order valence-corrected chi connectivity index (χ1v) is 10.4. The van der Waals surface area contributed by atoms with E-state index in [0.29, 0.717) is 11.0 Å². The molecule has 0 N–H and O–H groups in total. The van der Waals surface area contributed by atoms with Crippen molar-refractivity contribution in [2.45, 2.75) is 5.22 Å². The van der Waals surface area contributed by atoms with Crippen molar-refractivity contribution in [3.8, 4) is 22.6 Å². The molecule has 144 valence electrons. The molecule has 0 atom stereocenters. The van der Waals surface area contributed by atoms with Gasteiger partial charge in [-0.3, -0.25) is 4.79 Å². The van der Waals surface area contributed by atoms with Crippen LogP contribution in [-0.4, -0.2) is 59.7 Å². The van der Waals surface area contributed by atoms with Crippen LogP contribution in [0.25, 0.3) is 22.6 Å². The van der Waals surface area contributed by atoms with E-state index in [9.17, 15) is 4.79 Å². The summed E-state index contributed by atoms with van der Waals surface area (Å²) in [7, 11) is 2.08. The summed E-state index contributed by atoms with van der Waals surface area (Å²) in [4.78, 5) is 21.4. The van der Waals surface area contributed by atoms with Crippen LogP contribution in [0.5, 0.6) is 0 Å². The number of carbonyl (C=O) groups excluding carboxylic acids is 1. The quantitative estimate of drug-likeness (QED) is 0.616. The Hall–Kier alpha value is -2.57. The first-order chi connectivity index (χ1) is 13.7. The smallest absolute Gasteiger partial charge is 0.257 e. The van der Waals surface area contributed by atoms with Gasteiger partial charge in [0.2, 0.25) is 5.91 Å². The van der Waals surface area contributed by atoms with E-state index in [1.165, 1.54) is 11.8 Å². The molecule has 1 aliphatic rings. The van der Waals surface area contributed by atoms with Gasteiger partial charge in [-0.05, 0) is 7.05 Å². The van der Waals surface area contributed by atoms with Crippen LogP contribution in [0.15, 0.2) is 70.3 Å². The molecule has 2 heterocycles. The molecule has 0 unspecified atom stereocenters. The Morgan fingerprint density at radius 3 is 2.21 bits per heavy atom. The van der Waals surface area contributed by atoms with Gasteiger partial charge in [0.15, 0.2) is 5.76 Å². The maximum atomic E-state index is 12.5. The standard InChI is InChI=1S/C22H23N3O2S/c1-24-12-14-25(15-13-24)19(26)16-28-22-23-20(17-8-4-2-5-9-17)21(27-22)18-10-6-3-7-11-18/h2-11H,12-16H2,1H3. The molecule has 0 spiro atoms. The van der Waals surface area contributed by atoms with Crippen molar-refractivity contribution in [2.24, 2.45) is 0 Å². The number of nitrogens with zero attached hydrogens (tertiary/aromatic N) is 3. The van der Waals surface area contributed by atoms with Crippen LogP contribution >= 0.6 is 11.8 Å². The SMILES string of the molecule is CN1CCN(C(=O)CSc2nc(-c3ccccc3)c(-c3ccccc3)o2)CC1. The summed E-state index contributed by atoms with van der Waals surface area (Å²) in [5, 5.41) is 0.528. The van der Waals surface area contributed by atoms with Crippen LogP contribution < -0.4 is 0 Å². The minimum atomic E-state index is 0.138. The van der Waals surface area contributed by atoms with Gasteiger partial charge in [0.05, 0.1) is 5.75 Å². The number of piperazine rings is 1. The first-order valence-electron chi connectivity index (χ1n) is 9.41. The highest BCUT2D eigenvalue weighted by molar-refractivity contribution is 7.99. The number of amides is 1. The molecular formula is C22H23N3O2S. The third kappa shape index (κ3) is 4.29. The molecule has 28 heavy (non-hydrogen) atoms. The summed E-state index contributed by atoms with van der Waals surface area (Å²) in [6.07, 6.45) is 0. The predicted octanol–water partition coefficient (Wildman–Crippen LogP) is 3.87. The van der Waals surface area contributed by atoms with Crippen LogP contribution in [0.1, 0.15) is 0 Å². The van der Waals surface area contributed by atoms with Crippen LogP contribution in [0.2, 0.25) is 0 Å². The summed E-state index contributed by atoms with van der Waals surface area (Å²) >= 11 is 1.36. The Bertz CT molecular complexity index is 862. The molecule has 0 radical (unpaired) electrons. The molecule has 3 aromatic rings. The number of hydrogen-bond donors (Lipinski definition) is 0. The van der Waals surface area contributed by atoms with E-state index >= 15 is 0 Å². The molecule has 0 aliphatic carbocycles. The predicted molar refractivity (Wildman–Crippen MR) is 112 cm³/mol. The van der Waals surface area contributed by atoms with E-state index in [1.54, 1.807) is 0 Å². The largest absolute Gasteiger partial charge is 0.431 e. The minimum Gasteiger partial charge on any atom is -0.431 e. The summed E-state index contributed by atoms with van der Waals surface area (Å²) in [6.45, 7) is 3.41. The summed E-state index contributed by atoms with van der Waals surface area (Å²) in [5.74, 6) is 1.22. The molecule has 2 aromatic carbocycles. The topological polar surface area (TPSA) is 49.6 Å². The second kappa shape index (κ2) is 8.63. The van der Waals surface area contributed by atoms with E-state index in [4.69, 9.17) is 9.40 Å². The van der Waals surface area contributed by atoms with Crippen LogP contribution in [0.4, 0.5) is 0 Å². The van der Waals surface area contributed by atoms with E-state index in [2.05, 4.69) is 11.9 Å². The van der Waals surface area contributed by atoms with Crippen molar-refractivity contribution in [1.29, 1.82) is 0 Å². The van der Waals surface area contributed by atoms with Gasteiger partial charge in [0, 0.05) is 37.3 Å². The second-order valence-electron chi connectivity index (χ2n) is 6.86. The zero-order chi connectivity index (χ0) is 19.3. The summed E-state index contributed by atoms with van der Waals surface area (Å²) in [5.41, 5.74) is 2.79. The first kappa shape index (κ1) is 18.8. The normalized spacial score (nSPS) is 15.0. The molecule has 1 saturated heterocycles. The lowest BCUT2D eigenvalue weighted by Crippen LogP contribution is -2.47. The highest BCUT2D eigenvalue weighted by Crippen LogP contribution is 2.35. The van der Waals surface area contributed by atoms with Crippen molar-refractivity contribution in [3.05, 3.63) is 60.7 Å². The molecular weight excluding hydrogens is 370 g/mol. The van der Waals surface area contributed by atoms with Gasteiger partial charge in [-0.1, -0.05) is 72.4 Å². The van der Waals surface area contributed by atoms with Crippen molar-refractivity contribution < 1.29 is 9.21 Å². The Labute approximate surface area is 169 Å². The third-order valence-electron chi connectivity index (χ3n) is 4.87. The van der Waals surface area contributed by atoms with E-state index in [-0.39, 0.29) is 5.91 Å². The Morgan fingerprint density at radius 2 is 1.57 bits per heavy atom. The molecule has 5 nitrogen and oxygen atoms in total. The fraction of sp³-hybridized carbons (Fsp3) is 0.273. The molecule has 1 amide bonds. The highest BCUT2D eigenvalue weighted by Gasteiger charge is 2.21. The lowest BCUT2D eigenvalue weighted by Gasteiger charge is -2.32. The Balaban J connectivity index is 1.53. The zero-order valence-electron chi connectivity index (χ0n) is 15.9. The molecule has 4 rings (SSSR count). The van der Waals surface area contributed by atoms with E-state index in [1.807, 2.05) is 65.6 Å². The summed E-state index contributed by atoms with van der Waals surface area (Å²) < 4.78 is 6.08. The molecule has 1 aliphatic heterocycles. The van der Waals surface area contributed by atoms with Gasteiger partial charge < -0.3 is 14.2 Å². The van der Waals surface area contributed by atoms with Gasteiger partial charge in [-0.2, -0.15) is 0 Å². The lowest BCUT2D eigenvalue weighted by atomic mass is 10.1. The van der Waals surface area contributed by atoms with Gasteiger partial charge in [0.1, 0.15) is 5.69 Å². The van der Waals surface area contributed by atoms with Gasteiger partial charge in [0.25, 0.3) is 5.22 Å². The number of hydrogen-bond acceptors (Lipinski definition) is 5. The van der Waals surface area contributed by atoms with Gasteiger partial charge in [-0.15, -0.1) is 0 Å². The monoisotopic (exact) mass is 393 g/mol. The average molecular weight is 394 g/mol. The van der Waals surface area contributed by atoms with Crippen molar-refractivity contribution >= 4 is 17.7 Å². The molecule has 1 fully saturated rings. The second-order valence-corrected chi connectivity index (χ2v) is 7.79. The number of rotatable bonds is 5. The van der Waals surface area contributed by atoms with E-state index in [0.717, 1.165) is 48.8 Å². The third-order valence-corrected chi connectivity index (χ3v) is 5.68. The van der Waals surface area contributed by atoms with Crippen molar-refractivity contribution in [2.75, 3.05) is 39.0 Å². The highest BCUT2D eigenvalue weighted by atomic mass is 32.2. The zero-order valence-corrected chi connectivity index (χ0v) is 16.7. The maximum Gasteiger partial charge on any atom is 0.257 e. The van der Waals surface area contributed by atoms with Gasteiger partial charge >= 0.3 is 0 Å². The van der Waals surface area contributed by atoms with Gasteiger partial charge in [-0.25, -0.2) is 4.98 Å². The van der Waals surface area contributed by atoms with Crippen LogP contribution in [0, 0.1) is 0 Å². The fourth-order valence-electron chi connectivity index (χ4n) is 3.21.